The Morgan fingerprint density at radius 1 is 1.09 bits per heavy atom. The third-order valence-corrected chi connectivity index (χ3v) is 3.57. The first kappa shape index (κ1) is 15.9. The third-order valence-electron chi connectivity index (χ3n) is 3.57. The average Bonchev–Trinajstić information content (AvgIpc) is 2.56. The highest BCUT2D eigenvalue weighted by Crippen LogP contribution is 2.28. The highest BCUT2D eigenvalue weighted by atomic mass is 16.5. The Hall–Kier alpha value is -2.47. The molecular weight excluding hydrogens is 274 g/mol. The van der Waals surface area contributed by atoms with Gasteiger partial charge in [-0.1, -0.05) is 36.4 Å². The van der Waals surface area contributed by atoms with Gasteiger partial charge in [0.2, 0.25) is 0 Å². The van der Waals surface area contributed by atoms with Crippen molar-refractivity contribution in [3.8, 4) is 17.6 Å². The molecule has 0 heterocycles. The maximum Gasteiger partial charge on any atom is 0.161 e. The number of nitrogens with zero attached hydrogens (tertiary/aromatic N) is 1. The number of benzene rings is 2. The molecule has 0 fully saturated rings. The first-order valence-corrected chi connectivity index (χ1v) is 7.46. The van der Waals surface area contributed by atoms with Crippen molar-refractivity contribution in [3.63, 3.8) is 0 Å². The quantitative estimate of drug-likeness (QED) is 0.708. The zero-order valence-electron chi connectivity index (χ0n) is 13.1. The van der Waals surface area contributed by atoms with Gasteiger partial charge in [0.05, 0.1) is 25.7 Å². The van der Waals surface area contributed by atoms with Crippen LogP contribution in [0.25, 0.3) is 0 Å². The SMILES string of the molecule is COc1cc(C)ccc1OCCCC(C#N)c1ccccc1. The third kappa shape index (κ3) is 4.26. The van der Waals surface area contributed by atoms with Gasteiger partial charge in [0.25, 0.3) is 0 Å². The lowest BCUT2D eigenvalue weighted by Crippen LogP contribution is -2.03. The molecule has 2 aromatic carbocycles. The van der Waals surface area contributed by atoms with Crippen molar-refractivity contribution in [1.82, 2.24) is 0 Å². The Morgan fingerprint density at radius 3 is 2.55 bits per heavy atom. The molecule has 22 heavy (non-hydrogen) atoms. The van der Waals surface area contributed by atoms with Crippen LogP contribution in [0.3, 0.4) is 0 Å². The molecule has 0 saturated heterocycles. The molecule has 0 aliphatic rings. The van der Waals surface area contributed by atoms with Crippen LogP contribution >= 0.6 is 0 Å². The second-order valence-corrected chi connectivity index (χ2v) is 5.24. The van der Waals surface area contributed by atoms with E-state index in [0.29, 0.717) is 6.61 Å². The first-order valence-electron chi connectivity index (χ1n) is 7.46. The molecule has 0 spiro atoms. The number of rotatable bonds is 7. The van der Waals surface area contributed by atoms with Gasteiger partial charge in [-0.05, 0) is 43.0 Å². The molecule has 114 valence electrons. The highest BCUT2D eigenvalue weighted by molar-refractivity contribution is 5.42. The predicted molar refractivity (Wildman–Crippen MR) is 87.3 cm³/mol. The second kappa shape index (κ2) is 8.09. The zero-order valence-corrected chi connectivity index (χ0v) is 13.1. The highest BCUT2D eigenvalue weighted by Gasteiger charge is 2.10. The van der Waals surface area contributed by atoms with Crippen molar-refractivity contribution in [1.29, 1.82) is 5.26 Å². The summed E-state index contributed by atoms with van der Waals surface area (Å²) in [5, 5.41) is 9.30. The Labute approximate surface area is 132 Å². The topological polar surface area (TPSA) is 42.2 Å². The van der Waals surface area contributed by atoms with E-state index in [4.69, 9.17) is 9.47 Å². The van der Waals surface area contributed by atoms with E-state index in [1.54, 1.807) is 7.11 Å². The lowest BCUT2D eigenvalue weighted by atomic mass is 9.96. The molecule has 2 rings (SSSR count). The minimum Gasteiger partial charge on any atom is -0.493 e. The molecule has 0 aliphatic carbocycles. The van der Waals surface area contributed by atoms with Crippen LogP contribution in [0.4, 0.5) is 0 Å². The minimum absolute atomic E-state index is 0.0790. The Bertz CT molecular complexity index is 632. The summed E-state index contributed by atoms with van der Waals surface area (Å²) in [4.78, 5) is 0. The number of nitriles is 1. The summed E-state index contributed by atoms with van der Waals surface area (Å²) >= 11 is 0. The van der Waals surface area contributed by atoms with E-state index in [1.807, 2.05) is 55.5 Å². The van der Waals surface area contributed by atoms with Gasteiger partial charge in [0.15, 0.2) is 11.5 Å². The van der Waals surface area contributed by atoms with Crippen molar-refractivity contribution in [2.75, 3.05) is 13.7 Å². The van der Waals surface area contributed by atoms with Crippen molar-refractivity contribution >= 4 is 0 Å². The van der Waals surface area contributed by atoms with Crippen LogP contribution in [0.2, 0.25) is 0 Å². The maximum atomic E-state index is 9.30. The smallest absolute Gasteiger partial charge is 0.161 e. The zero-order chi connectivity index (χ0) is 15.8. The fraction of sp³-hybridized carbons (Fsp3) is 0.316. The largest absolute Gasteiger partial charge is 0.493 e. The summed E-state index contributed by atoms with van der Waals surface area (Å²) in [5.74, 6) is 1.42. The van der Waals surface area contributed by atoms with Gasteiger partial charge < -0.3 is 9.47 Å². The molecule has 0 amide bonds. The molecule has 3 heteroatoms. The maximum absolute atomic E-state index is 9.30. The van der Waals surface area contributed by atoms with Gasteiger partial charge >= 0.3 is 0 Å². The van der Waals surface area contributed by atoms with Gasteiger partial charge in [0.1, 0.15) is 0 Å². The van der Waals surface area contributed by atoms with Gasteiger partial charge in [-0.3, -0.25) is 0 Å². The van der Waals surface area contributed by atoms with E-state index in [9.17, 15) is 5.26 Å². The Morgan fingerprint density at radius 2 is 1.86 bits per heavy atom. The van der Waals surface area contributed by atoms with Crippen LogP contribution in [-0.4, -0.2) is 13.7 Å². The fourth-order valence-corrected chi connectivity index (χ4v) is 2.35. The molecule has 0 N–H and O–H groups in total. The van der Waals surface area contributed by atoms with E-state index in [1.165, 1.54) is 0 Å². The number of aryl methyl sites for hydroxylation is 1. The number of ether oxygens (including phenoxy) is 2. The van der Waals surface area contributed by atoms with Crippen LogP contribution in [0.5, 0.6) is 11.5 Å². The van der Waals surface area contributed by atoms with Gasteiger partial charge in [0, 0.05) is 0 Å². The molecular formula is C19H21NO2. The van der Waals surface area contributed by atoms with Gasteiger partial charge in [-0.15, -0.1) is 0 Å². The lowest BCUT2D eigenvalue weighted by molar-refractivity contribution is 0.285. The van der Waals surface area contributed by atoms with E-state index in [0.717, 1.165) is 35.5 Å². The Balaban J connectivity index is 1.85. The molecule has 0 bridgehead atoms. The van der Waals surface area contributed by atoms with Crippen molar-refractivity contribution in [2.24, 2.45) is 0 Å². The number of methoxy groups -OCH3 is 1. The summed E-state index contributed by atoms with van der Waals surface area (Å²) in [5.41, 5.74) is 2.20. The molecule has 0 aliphatic heterocycles. The van der Waals surface area contributed by atoms with Crippen LogP contribution in [0.1, 0.15) is 29.9 Å². The number of hydrogen-bond acceptors (Lipinski definition) is 3. The monoisotopic (exact) mass is 295 g/mol. The second-order valence-electron chi connectivity index (χ2n) is 5.24. The summed E-state index contributed by atoms with van der Waals surface area (Å²) in [6.07, 6.45) is 1.61. The molecule has 1 atom stereocenters. The molecule has 2 aromatic rings. The van der Waals surface area contributed by atoms with Crippen LogP contribution in [0.15, 0.2) is 48.5 Å². The molecule has 3 nitrogen and oxygen atoms in total. The number of hydrogen-bond donors (Lipinski definition) is 0. The van der Waals surface area contributed by atoms with E-state index in [-0.39, 0.29) is 5.92 Å². The van der Waals surface area contributed by atoms with Crippen LogP contribution < -0.4 is 9.47 Å². The minimum atomic E-state index is -0.0790. The fourth-order valence-electron chi connectivity index (χ4n) is 2.35. The van der Waals surface area contributed by atoms with E-state index < -0.39 is 0 Å². The summed E-state index contributed by atoms with van der Waals surface area (Å²) in [6, 6.07) is 18.1. The molecule has 0 radical (unpaired) electrons. The van der Waals surface area contributed by atoms with Gasteiger partial charge in [-0.2, -0.15) is 5.26 Å². The summed E-state index contributed by atoms with van der Waals surface area (Å²) in [6.45, 7) is 2.59. The van der Waals surface area contributed by atoms with Crippen molar-refractivity contribution in [3.05, 3.63) is 59.7 Å². The first-order chi connectivity index (χ1) is 10.7. The van der Waals surface area contributed by atoms with Crippen molar-refractivity contribution in [2.45, 2.75) is 25.7 Å². The van der Waals surface area contributed by atoms with E-state index >= 15 is 0 Å². The van der Waals surface area contributed by atoms with Crippen molar-refractivity contribution < 1.29 is 9.47 Å². The molecule has 0 aromatic heterocycles. The van der Waals surface area contributed by atoms with Gasteiger partial charge in [-0.25, -0.2) is 0 Å². The van der Waals surface area contributed by atoms with Crippen LogP contribution in [0, 0.1) is 18.3 Å². The standard InChI is InChI=1S/C19H21NO2/c1-15-10-11-18(19(13-15)21-2)22-12-6-9-17(14-20)16-7-4-3-5-8-16/h3-5,7-8,10-11,13,17H,6,9,12H2,1-2H3. The molecule has 1 unspecified atom stereocenters. The predicted octanol–water partition coefficient (Wildman–Crippen LogP) is 4.47. The summed E-state index contributed by atoms with van der Waals surface area (Å²) in [7, 11) is 1.64. The normalized spacial score (nSPS) is 11.5. The summed E-state index contributed by atoms with van der Waals surface area (Å²) < 4.78 is 11.1. The Kier molecular flexibility index (Phi) is 5.85. The average molecular weight is 295 g/mol. The molecule has 0 saturated carbocycles. The van der Waals surface area contributed by atoms with Crippen LogP contribution in [-0.2, 0) is 0 Å². The van der Waals surface area contributed by atoms with E-state index in [2.05, 4.69) is 6.07 Å². The lowest BCUT2D eigenvalue weighted by Gasteiger charge is -2.12.